The third-order valence-corrected chi connectivity index (χ3v) is 3.92. The van der Waals surface area contributed by atoms with Crippen LogP contribution in [0.5, 0.6) is 0 Å². The molecule has 1 amide bonds. The monoisotopic (exact) mass is 377 g/mol. The van der Waals surface area contributed by atoms with Crippen LogP contribution in [0.2, 0.25) is 0 Å². The second-order valence-electron chi connectivity index (χ2n) is 6.00. The molecule has 1 aromatic heterocycles. The standard InChI is InChI=1S/C17H19N3O7/c1-20(8-15(24)25)16(17(26)27)11-7-18-12-6-9(2-3-10(11)12)19-13(21)4-5-14(22)23/h2-3,6-7,16,18H,4-5,8H2,1H3,(H,19,21)(H,22,23)(H,24,25)(H,26,27)/t16-/m0/s1. The topological polar surface area (TPSA) is 160 Å². The van der Waals surface area contributed by atoms with Crippen LogP contribution >= 0.6 is 0 Å². The van der Waals surface area contributed by atoms with E-state index in [-0.39, 0.29) is 12.8 Å². The fourth-order valence-corrected chi connectivity index (χ4v) is 2.76. The van der Waals surface area contributed by atoms with Crippen LogP contribution in [0.1, 0.15) is 24.4 Å². The number of aromatic amines is 1. The summed E-state index contributed by atoms with van der Waals surface area (Å²) in [6.07, 6.45) is 1.04. The number of H-pyrrole nitrogens is 1. The lowest BCUT2D eigenvalue weighted by Crippen LogP contribution is -2.34. The molecule has 2 aromatic rings. The maximum Gasteiger partial charge on any atom is 0.325 e. The van der Waals surface area contributed by atoms with Crippen LogP contribution in [0.15, 0.2) is 24.4 Å². The van der Waals surface area contributed by atoms with Crippen LogP contribution < -0.4 is 5.32 Å². The van der Waals surface area contributed by atoms with Crippen molar-refractivity contribution >= 4 is 40.4 Å². The van der Waals surface area contributed by atoms with Crippen molar-refractivity contribution in [3.05, 3.63) is 30.0 Å². The van der Waals surface area contributed by atoms with Crippen molar-refractivity contribution in [2.24, 2.45) is 0 Å². The molecule has 1 atom stereocenters. The summed E-state index contributed by atoms with van der Waals surface area (Å²) in [4.78, 5) is 48.9. The number of fused-ring (bicyclic) bond motifs is 1. The highest BCUT2D eigenvalue weighted by atomic mass is 16.4. The summed E-state index contributed by atoms with van der Waals surface area (Å²) in [5.41, 5.74) is 1.37. The molecule has 1 aromatic carbocycles. The van der Waals surface area contributed by atoms with Gasteiger partial charge in [0, 0.05) is 34.8 Å². The van der Waals surface area contributed by atoms with Crippen molar-refractivity contribution in [2.75, 3.05) is 18.9 Å². The number of rotatable bonds is 9. The average Bonchev–Trinajstić information content (AvgIpc) is 2.95. The maximum atomic E-state index is 11.7. The highest BCUT2D eigenvalue weighted by molar-refractivity contribution is 5.96. The summed E-state index contributed by atoms with van der Waals surface area (Å²) in [6, 6.07) is 3.60. The van der Waals surface area contributed by atoms with Gasteiger partial charge in [-0.05, 0) is 19.2 Å². The molecule has 0 unspecified atom stereocenters. The molecule has 0 fully saturated rings. The molecule has 0 radical (unpaired) electrons. The van der Waals surface area contributed by atoms with E-state index in [1.807, 2.05) is 0 Å². The van der Waals surface area contributed by atoms with E-state index in [1.54, 1.807) is 18.2 Å². The Morgan fingerprint density at radius 2 is 1.81 bits per heavy atom. The summed E-state index contributed by atoms with van der Waals surface area (Å²) < 4.78 is 0. The van der Waals surface area contributed by atoms with Gasteiger partial charge in [-0.15, -0.1) is 0 Å². The summed E-state index contributed by atoms with van der Waals surface area (Å²) in [5, 5.41) is 30.2. The maximum absolute atomic E-state index is 11.7. The number of carboxylic acids is 3. The van der Waals surface area contributed by atoms with E-state index in [2.05, 4.69) is 10.3 Å². The molecule has 0 saturated carbocycles. The van der Waals surface area contributed by atoms with Gasteiger partial charge < -0.3 is 25.6 Å². The molecule has 0 aliphatic carbocycles. The predicted molar refractivity (Wildman–Crippen MR) is 94.4 cm³/mol. The van der Waals surface area contributed by atoms with Crippen molar-refractivity contribution in [3.8, 4) is 0 Å². The second kappa shape index (κ2) is 8.32. The van der Waals surface area contributed by atoms with Crippen molar-refractivity contribution in [2.45, 2.75) is 18.9 Å². The number of hydrogen-bond donors (Lipinski definition) is 5. The fraction of sp³-hybridized carbons (Fsp3) is 0.294. The van der Waals surface area contributed by atoms with E-state index in [0.717, 1.165) is 0 Å². The highest BCUT2D eigenvalue weighted by Gasteiger charge is 2.28. The Labute approximate surface area is 153 Å². The number of nitrogens with zero attached hydrogens (tertiary/aromatic N) is 1. The molecular weight excluding hydrogens is 358 g/mol. The number of aliphatic carboxylic acids is 3. The Balaban J connectivity index is 2.25. The number of benzene rings is 1. The minimum Gasteiger partial charge on any atom is -0.481 e. The van der Waals surface area contributed by atoms with Gasteiger partial charge in [0.2, 0.25) is 5.91 Å². The van der Waals surface area contributed by atoms with Crippen LogP contribution in [0.25, 0.3) is 10.9 Å². The zero-order valence-electron chi connectivity index (χ0n) is 14.4. The number of anilines is 1. The van der Waals surface area contributed by atoms with E-state index < -0.39 is 36.4 Å². The molecule has 0 saturated heterocycles. The van der Waals surface area contributed by atoms with E-state index in [4.69, 9.17) is 10.2 Å². The average molecular weight is 377 g/mol. The molecule has 0 aliphatic rings. The first-order valence-corrected chi connectivity index (χ1v) is 7.96. The number of carbonyl (C=O) groups excluding carboxylic acids is 1. The van der Waals surface area contributed by atoms with Crippen LogP contribution in [0.3, 0.4) is 0 Å². The molecule has 0 bridgehead atoms. The summed E-state index contributed by atoms with van der Waals surface area (Å²) in [5.74, 6) is -3.85. The summed E-state index contributed by atoms with van der Waals surface area (Å²) in [7, 11) is 1.41. The van der Waals surface area contributed by atoms with Crippen molar-refractivity contribution in [1.29, 1.82) is 0 Å². The lowest BCUT2D eigenvalue weighted by Gasteiger charge is -2.22. The van der Waals surface area contributed by atoms with Gasteiger partial charge in [0.25, 0.3) is 0 Å². The van der Waals surface area contributed by atoms with Gasteiger partial charge in [0.1, 0.15) is 6.04 Å². The first-order valence-electron chi connectivity index (χ1n) is 7.96. The number of hydrogen-bond acceptors (Lipinski definition) is 5. The van der Waals surface area contributed by atoms with Crippen molar-refractivity contribution in [3.63, 3.8) is 0 Å². The Bertz CT molecular complexity index is 890. The van der Waals surface area contributed by atoms with E-state index in [1.165, 1.54) is 18.1 Å². The third-order valence-electron chi connectivity index (χ3n) is 3.92. The van der Waals surface area contributed by atoms with Crippen LogP contribution in [-0.4, -0.2) is 62.6 Å². The largest absolute Gasteiger partial charge is 0.481 e. The number of nitrogens with one attached hydrogen (secondary N) is 2. The first kappa shape index (κ1) is 19.9. The van der Waals surface area contributed by atoms with Gasteiger partial charge in [0.15, 0.2) is 0 Å². The van der Waals surface area contributed by atoms with E-state index in [9.17, 15) is 24.3 Å². The Morgan fingerprint density at radius 3 is 2.41 bits per heavy atom. The van der Waals surface area contributed by atoms with Gasteiger partial charge in [0.05, 0.1) is 13.0 Å². The summed E-state index contributed by atoms with van der Waals surface area (Å²) >= 11 is 0. The molecule has 10 heteroatoms. The van der Waals surface area contributed by atoms with Gasteiger partial charge in [-0.2, -0.15) is 0 Å². The molecular formula is C17H19N3O7. The van der Waals surface area contributed by atoms with Crippen LogP contribution in [-0.2, 0) is 19.2 Å². The second-order valence-corrected chi connectivity index (χ2v) is 6.00. The normalized spacial score (nSPS) is 12.1. The molecule has 2 rings (SSSR count). The molecule has 0 spiro atoms. The Hall–Kier alpha value is -3.40. The summed E-state index contributed by atoms with van der Waals surface area (Å²) in [6.45, 7) is -0.443. The van der Waals surface area contributed by atoms with Crippen molar-refractivity contribution < 1.29 is 34.5 Å². The predicted octanol–water partition coefficient (Wildman–Crippen LogP) is 1.11. The number of aromatic nitrogens is 1. The minimum absolute atomic E-state index is 0.162. The zero-order valence-corrected chi connectivity index (χ0v) is 14.4. The van der Waals surface area contributed by atoms with E-state index in [0.29, 0.717) is 22.2 Å². The molecule has 0 aliphatic heterocycles. The minimum atomic E-state index is -1.19. The lowest BCUT2D eigenvalue weighted by molar-refractivity contribution is -0.145. The van der Waals surface area contributed by atoms with Gasteiger partial charge in [-0.1, -0.05) is 6.07 Å². The quantitative estimate of drug-likeness (QED) is 0.434. The Kier molecular flexibility index (Phi) is 6.14. The number of carbonyl (C=O) groups is 4. The van der Waals surface area contributed by atoms with Crippen molar-refractivity contribution in [1.82, 2.24) is 9.88 Å². The molecule has 144 valence electrons. The number of carboxylic acid groups (broad SMARTS) is 3. The van der Waals surface area contributed by atoms with Crippen LogP contribution in [0.4, 0.5) is 5.69 Å². The van der Waals surface area contributed by atoms with Gasteiger partial charge in [-0.25, -0.2) is 0 Å². The SMILES string of the molecule is CN(CC(=O)O)[C@H](C(=O)O)c1c[nH]c2cc(NC(=O)CCC(=O)O)ccc12. The molecule has 1 heterocycles. The van der Waals surface area contributed by atoms with Crippen LogP contribution in [0, 0.1) is 0 Å². The number of amides is 1. The van der Waals surface area contributed by atoms with Gasteiger partial charge in [-0.3, -0.25) is 24.1 Å². The molecule has 5 N–H and O–H groups in total. The smallest absolute Gasteiger partial charge is 0.325 e. The molecule has 10 nitrogen and oxygen atoms in total. The van der Waals surface area contributed by atoms with Gasteiger partial charge >= 0.3 is 17.9 Å². The lowest BCUT2D eigenvalue weighted by atomic mass is 10.0. The number of likely N-dealkylation sites (N-methyl/N-ethyl adjacent to an activating group) is 1. The van der Waals surface area contributed by atoms with E-state index >= 15 is 0 Å². The third kappa shape index (κ3) is 5.05. The fourth-order valence-electron chi connectivity index (χ4n) is 2.76. The first-order chi connectivity index (χ1) is 12.7. The zero-order chi connectivity index (χ0) is 20.1. The molecule has 27 heavy (non-hydrogen) atoms. The highest BCUT2D eigenvalue weighted by Crippen LogP contribution is 2.29. The Morgan fingerprint density at radius 1 is 1.11 bits per heavy atom.